The third kappa shape index (κ3) is 2.68. The van der Waals surface area contributed by atoms with Crippen molar-refractivity contribution in [3.63, 3.8) is 0 Å². The number of benzene rings is 1. The fraction of sp³-hybridized carbons (Fsp3) is 0.182. The predicted molar refractivity (Wildman–Crippen MR) is 60.1 cm³/mol. The zero-order chi connectivity index (χ0) is 13.9. The summed E-state index contributed by atoms with van der Waals surface area (Å²) in [5, 5.41) is 12.7. The van der Waals surface area contributed by atoms with E-state index < -0.39 is 39.8 Å². The minimum Gasteiger partial charge on any atom is -0.346 e. The molecule has 0 saturated heterocycles. The number of nitrogens with one attached hydrogen (secondary N) is 1. The molecule has 96 valence electrons. The van der Waals surface area contributed by atoms with E-state index >= 15 is 0 Å². The van der Waals surface area contributed by atoms with Gasteiger partial charge >= 0.3 is 5.69 Å². The van der Waals surface area contributed by atoms with Crippen LogP contribution in [-0.4, -0.2) is 16.9 Å². The van der Waals surface area contributed by atoms with Gasteiger partial charge in [0, 0.05) is 12.1 Å². The summed E-state index contributed by atoms with van der Waals surface area (Å²) >= 11 is 0. The molecular weight excluding hydrogens is 246 g/mol. The van der Waals surface area contributed by atoms with Crippen molar-refractivity contribution in [3.05, 3.63) is 52.1 Å². The number of rotatable bonds is 4. The van der Waals surface area contributed by atoms with E-state index in [1.807, 2.05) is 0 Å². The van der Waals surface area contributed by atoms with Crippen LogP contribution >= 0.6 is 0 Å². The van der Waals surface area contributed by atoms with Crippen molar-refractivity contribution in [1.29, 1.82) is 0 Å². The average Bonchev–Trinajstić information content (AvgIpc) is 2.28. The third-order valence-corrected chi connectivity index (χ3v) is 2.21. The molecular formula is C11H10F2N2O3. The lowest BCUT2D eigenvalue weighted by Gasteiger charge is -2.10. The lowest BCUT2D eigenvalue weighted by molar-refractivity contribution is -0.387. The highest BCUT2D eigenvalue weighted by molar-refractivity contribution is 5.95. The number of nitrogens with zero attached hydrogens (tertiary/aromatic N) is 1. The van der Waals surface area contributed by atoms with Gasteiger partial charge in [0.05, 0.1) is 4.92 Å². The second-order valence-electron chi connectivity index (χ2n) is 3.51. The molecule has 0 saturated carbocycles. The van der Waals surface area contributed by atoms with E-state index in [-0.39, 0.29) is 0 Å². The van der Waals surface area contributed by atoms with Crippen LogP contribution in [0.15, 0.2) is 24.8 Å². The third-order valence-electron chi connectivity index (χ3n) is 2.21. The molecule has 0 aromatic heterocycles. The largest absolute Gasteiger partial charge is 0.346 e. The van der Waals surface area contributed by atoms with E-state index in [0.717, 1.165) is 0 Å². The Labute approximate surface area is 101 Å². The summed E-state index contributed by atoms with van der Waals surface area (Å²) in [4.78, 5) is 21.0. The molecule has 0 spiro atoms. The van der Waals surface area contributed by atoms with Crippen molar-refractivity contribution in [3.8, 4) is 0 Å². The number of halogens is 2. The van der Waals surface area contributed by atoms with Gasteiger partial charge in [-0.1, -0.05) is 6.08 Å². The van der Waals surface area contributed by atoms with E-state index in [9.17, 15) is 23.7 Å². The fourth-order valence-electron chi connectivity index (χ4n) is 1.23. The fourth-order valence-corrected chi connectivity index (χ4v) is 1.23. The Hall–Kier alpha value is -2.31. The first kappa shape index (κ1) is 13.8. The molecule has 0 fully saturated rings. The Kier molecular flexibility index (Phi) is 4.09. The first-order valence-electron chi connectivity index (χ1n) is 4.94. The topological polar surface area (TPSA) is 72.2 Å². The molecule has 1 N–H and O–H groups in total. The molecule has 0 radical (unpaired) electrons. The maximum atomic E-state index is 13.6. The summed E-state index contributed by atoms with van der Waals surface area (Å²) in [5.41, 5.74) is -1.93. The lowest BCUT2D eigenvalue weighted by Crippen LogP contribution is -2.32. The van der Waals surface area contributed by atoms with Gasteiger partial charge in [-0.15, -0.1) is 6.58 Å². The zero-order valence-electron chi connectivity index (χ0n) is 9.44. The molecule has 1 atom stereocenters. The SMILES string of the molecule is C=CC(C)NC(=O)c1c(F)ccc([N+](=O)[O-])c1F. The van der Waals surface area contributed by atoms with Crippen LogP contribution in [0.4, 0.5) is 14.5 Å². The highest BCUT2D eigenvalue weighted by atomic mass is 19.1. The minimum atomic E-state index is -1.49. The van der Waals surface area contributed by atoms with Gasteiger partial charge in [0.2, 0.25) is 5.82 Å². The van der Waals surface area contributed by atoms with Crippen LogP contribution in [-0.2, 0) is 0 Å². The van der Waals surface area contributed by atoms with Gasteiger partial charge in [0.1, 0.15) is 11.4 Å². The Bertz CT molecular complexity index is 517. The molecule has 1 amide bonds. The van der Waals surface area contributed by atoms with Gasteiger partial charge < -0.3 is 5.32 Å². The molecule has 1 unspecified atom stereocenters. The second kappa shape index (κ2) is 5.35. The summed E-state index contributed by atoms with van der Waals surface area (Å²) in [7, 11) is 0. The Morgan fingerprint density at radius 1 is 1.56 bits per heavy atom. The van der Waals surface area contributed by atoms with Crippen molar-refractivity contribution >= 4 is 11.6 Å². The normalized spacial score (nSPS) is 11.7. The quantitative estimate of drug-likeness (QED) is 0.509. The van der Waals surface area contributed by atoms with Crippen LogP contribution in [0.5, 0.6) is 0 Å². The molecule has 0 aliphatic rings. The first-order valence-corrected chi connectivity index (χ1v) is 4.94. The Morgan fingerprint density at radius 3 is 2.67 bits per heavy atom. The molecule has 0 bridgehead atoms. The molecule has 1 aromatic carbocycles. The van der Waals surface area contributed by atoms with Gasteiger partial charge in [-0.25, -0.2) is 4.39 Å². The standard InChI is InChI=1S/C11H10F2N2O3/c1-3-6(2)14-11(16)9-7(12)4-5-8(10(9)13)15(17)18/h3-6H,1H2,2H3,(H,14,16). The predicted octanol–water partition coefficient (Wildman–Crippen LogP) is 2.18. The first-order chi connectivity index (χ1) is 8.38. The lowest BCUT2D eigenvalue weighted by atomic mass is 10.1. The molecule has 1 rings (SSSR count). The number of hydrogen-bond acceptors (Lipinski definition) is 3. The van der Waals surface area contributed by atoms with Crippen molar-refractivity contribution < 1.29 is 18.5 Å². The van der Waals surface area contributed by atoms with Crippen molar-refractivity contribution in [2.45, 2.75) is 13.0 Å². The summed E-state index contributed by atoms with van der Waals surface area (Å²) in [5.74, 6) is -3.72. The van der Waals surface area contributed by atoms with Crippen LogP contribution in [0, 0.1) is 21.7 Å². The number of carbonyl (C=O) groups excluding carboxylic acids is 1. The number of hydrogen-bond donors (Lipinski definition) is 1. The summed E-state index contributed by atoms with van der Waals surface area (Å²) < 4.78 is 27.0. The van der Waals surface area contributed by atoms with Gasteiger partial charge in [-0.05, 0) is 13.0 Å². The average molecular weight is 256 g/mol. The molecule has 0 heterocycles. The molecule has 0 aliphatic carbocycles. The van der Waals surface area contributed by atoms with Gasteiger partial charge in [-0.3, -0.25) is 14.9 Å². The monoisotopic (exact) mass is 256 g/mol. The maximum absolute atomic E-state index is 13.6. The molecule has 7 heteroatoms. The second-order valence-corrected chi connectivity index (χ2v) is 3.51. The summed E-state index contributed by atoms with van der Waals surface area (Å²) in [6.45, 7) is 4.93. The van der Waals surface area contributed by atoms with Crippen LogP contribution in [0.1, 0.15) is 17.3 Å². The van der Waals surface area contributed by atoms with Gasteiger partial charge in [0.25, 0.3) is 5.91 Å². The van der Waals surface area contributed by atoms with Crippen LogP contribution in [0.3, 0.4) is 0 Å². The maximum Gasteiger partial charge on any atom is 0.305 e. The molecule has 0 aliphatic heterocycles. The van der Waals surface area contributed by atoms with Crippen molar-refractivity contribution in [2.75, 3.05) is 0 Å². The highest BCUT2D eigenvalue weighted by Gasteiger charge is 2.26. The summed E-state index contributed by atoms with van der Waals surface area (Å²) in [6.07, 6.45) is 1.35. The molecule has 1 aromatic rings. The van der Waals surface area contributed by atoms with Crippen molar-refractivity contribution in [1.82, 2.24) is 5.32 Å². The number of nitro groups is 1. The van der Waals surface area contributed by atoms with Crippen molar-refractivity contribution in [2.24, 2.45) is 0 Å². The zero-order valence-corrected chi connectivity index (χ0v) is 9.44. The van der Waals surface area contributed by atoms with Crippen LogP contribution in [0.25, 0.3) is 0 Å². The van der Waals surface area contributed by atoms with Crippen LogP contribution < -0.4 is 5.32 Å². The minimum absolute atomic E-state index is 0.518. The van der Waals surface area contributed by atoms with Gasteiger partial charge in [-0.2, -0.15) is 4.39 Å². The molecule has 5 nitrogen and oxygen atoms in total. The van der Waals surface area contributed by atoms with E-state index in [1.54, 1.807) is 0 Å². The summed E-state index contributed by atoms with van der Waals surface area (Å²) in [6, 6.07) is 0.822. The highest BCUT2D eigenvalue weighted by Crippen LogP contribution is 2.23. The number of amides is 1. The van der Waals surface area contributed by atoms with E-state index in [0.29, 0.717) is 12.1 Å². The molecule has 18 heavy (non-hydrogen) atoms. The smallest absolute Gasteiger partial charge is 0.305 e. The van der Waals surface area contributed by atoms with E-state index in [2.05, 4.69) is 11.9 Å². The number of nitro benzene ring substituents is 1. The van der Waals surface area contributed by atoms with Crippen LogP contribution in [0.2, 0.25) is 0 Å². The number of carbonyl (C=O) groups is 1. The van der Waals surface area contributed by atoms with E-state index in [1.165, 1.54) is 13.0 Å². The van der Waals surface area contributed by atoms with Gasteiger partial charge in [0.15, 0.2) is 0 Å². The van der Waals surface area contributed by atoms with E-state index in [4.69, 9.17) is 0 Å². The Morgan fingerprint density at radius 2 is 2.17 bits per heavy atom. The Balaban J connectivity index is 3.23.